The fourth-order valence-electron chi connectivity index (χ4n) is 6.31. The Morgan fingerprint density at radius 2 is 1.71 bits per heavy atom. The fourth-order valence-corrected chi connectivity index (χ4v) is 6.43. The molecule has 2 aliphatic rings. The van der Waals surface area contributed by atoms with Crippen LogP contribution in [0.25, 0.3) is 0 Å². The van der Waals surface area contributed by atoms with Gasteiger partial charge in [-0.05, 0) is 47.7 Å². The summed E-state index contributed by atoms with van der Waals surface area (Å²) >= 11 is 6.11. The number of benzene rings is 3. The Morgan fingerprint density at radius 3 is 2.40 bits per heavy atom. The van der Waals surface area contributed by atoms with E-state index in [0.29, 0.717) is 68.4 Å². The topological polar surface area (TPSA) is 62.3 Å². The highest BCUT2D eigenvalue weighted by Crippen LogP contribution is 2.38. The Kier molecular flexibility index (Phi) is 9.65. The van der Waals surface area contributed by atoms with Gasteiger partial charge in [0.25, 0.3) is 0 Å². The molecule has 0 N–H and O–H groups in total. The molecule has 9 heteroatoms. The second kappa shape index (κ2) is 13.6. The Hall–Kier alpha value is -3.62. The van der Waals surface area contributed by atoms with Crippen molar-refractivity contribution in [1.82, 2.24) is 14.7 Å². The summed E-state index contributed by atoms with van der Waals surface area (Å²) in [6, 6.07) is 22.3. The second-order valence-electron chi connectivity index (χ2n) is 11.0. The van der Waals surface area contributed by atoms with Crippen LogP contribution in [-0.4, -0.2) is 73.6 Å². The maximum atomic E-state index is 15.4. The highest BCUT2D eigenvalue weighted by atomic mass is 35.5. The average Bonchev–Trinajstić information content (AvgIpc) is 3.41. The predicted molar refractivity (Wildman–Crippen MR) is 160 cm³/mol. The molecule has 3 aromatic rings. The SMILES string of the molecule is COC(=O)N1CCN(C(=O)[C@@H]2CN(Cc3ccccc3)C[C@H]2c2ccc(OC)cc2F)CCCC1c1ccc(Cl)cc1. The van der Waals surface area contributed by atoms with E-state index in [1.807, 2.05) is 47.4 Å². The molecule has 0 saturated carbocycles. The molecule has 0 spiro atoms. The fraction of sp³-hybridized carbons (Fsp3) is 0.394. The number of likely N-dealkylation sites (tertiary alicyclic amines) is 1. The molecule has 2 fully saturated rings. The summed E-state index contributed by atoms with van der Waals surface area (Å²) in [5, 5.41) is 0.631. The van der Waals surface area contributed by atoms with E-state index in [0.717, 1.165) is 11.1 Å². The van der Waals surface area contributed by atoms with Crippen molar-refractivity contribution in [3.63, 3.8) is 0 Å². The first kappa shape index (κ1) is 29.9. The number of carbonyl (C=O) groups excluding carboxylic acids is 2. The Balaban J connectivity index is 1.37. The Morgan fingerprint density at radius 1 is 0.952 bits per heavy atom. The van der Waals surface area contributed by atoms with Crippen LogP contribution in [0.15, 0.2) is 72.8 Å². The summed E-state index contributed by atoms with van der Waals surface area (Å²) in [4.78, 5) is 32.9. The first-order valence-electron chi connectivity index (χ1n) is 14.4. The van der Waals surface area contributed by atoms with E-state index < -0.39 is 12.0 Å². The number of hydrogen-bond acceptors (Lipinski definition) is 5. The molecule has 2 amide bonds. The Bertz CT molecular complexity index is 1370. The number of hydrogen-bond donors (Lipinski definition) is 0. The molecule has 2 heterocycles. The van der Waals surface area contributed by atoms with Crippen LogP contribution in [0.5, 0.6) is 5.75 Å². The van der Waals surface area contributed by atoms with Crippen molar-refractivity contribution in [3.05, 3.63) is 100 Å². The van der Waals surface area contributed by atoms with E-state index in [9.17, 15) is 9.59 Å². The lowest BCUT2D eigenvalue weighted by molar-refractivity contribution is -0.136. The van der Waals surface area contributed by atoms with Gasteiger partial charge in [-0.15, -0.1) is 0 Å². The van der Waals surface area contributed by atoms with Gasteiger partial charge in [0.2, 0.25) is 5.91 Å². The molecule has 0 aromatic heterocycles. The third kappa shape index (κ3) is 6.71. The molecule has 3 atom stereocenters. The molecule has 7 nitrogen and oxygen atoms in total. The van der Waals surface area contributed by atoms with Crippen LogP contribution >= 0.6 is 11.6 Å². The molecular weight excluding hydrogens is 557 g/mol. The minimum Gasteiger partial charge on any atom is -0.497 e. The molecule has 1 unspecified atom stereocenters. The lowest BCUT2D eigenvalue weighted by atomic mass is 9.87. The summed E-state index contributed by atoms with van der Waals surface area (Å²) in [7, 11) is 2.88. The molecule has 2 saturated heterocycles. The van der Waals surface area contributed by atoms with Crippen LogP contribution in [0.3, 0.4) is 0 Å². The molecule has 5 rings (SSSR count). The van der Waals surface area contributed by atoms with E-state index >= 15 is 4.39 Å². The van der Waals surface area contributed by atoms with Crippen molar-refractivity contribution in [3.8, 4) is 5.75 Å². The van der Waals surface area contributed by atoms with Crippen molar-refractivity contribution in [2.24, 2.45) is 5.92 Å². The first-order chi connectivity index (χ1) is 20.4. The molecular formula is C33H37ClFN3O4. The van der Waals surface area contributed by atoms with Gasteiger partial charge in [0.1, 0.15) is 11.6 Å². The van der Waals surface area contributed by atoms with Gasteiger partial charge in [-0.3, -0.25) is 14.6 Å². The number of halogens is 2. The van der Waals surface area contributed by atoms with Gasteiger partial charge in [-0.1, -0.05) is 60.1 Å². The molecule has 3 aromatic carbocycles. The molecule has 0 bridgehead atoms. The van der Waals surface area contributed by atoms with Crippen LogP contribution in [0.1, 0.15) is 41.5 Å². The number of methoxy groups -OCH3 is 2. The zero-order valence-corrected chi connectivity index (χ0v) is 24.8. The summed E-state index contributed by atoms with van der Waals surface area (Å²) in [6.45, 7) is 3.02. The van der Waals surface area contributed by atoms with Crippen LogP contribution < -0.4 is 4.74 Å². The van der Waals surface area contributed by atoms with Gasteiger partial charge in [-0.25, -0.2) is 9.18 Å². The number of amides is 2. The monoisotopic (exact) mass is 593 g/mol. The average molecular weight is 594 g/mol. The van der Waals surface area contributed by atoms with Gasteiger partial charge < -0.3 is 14.4 Å². The molecule has 2 aliphatic heterocycles. The zero-order valence-electron chi connectivity index (χ0n) is 24.0. The molecule has 0 aliphatic carbocycles. The lowest BCUT2D eigenvalue weighted by Crippen LogP contribution is -2.47. The number of rotatable bonds is 6. The van der Waals surface area contributed by atoms with Gasteiger partial charge in [0.15, 0.2) is 0 Å². The standard InChI is InChI=1S/C33H37ClFN3O4/c1-41-26-14-15-27(30(35)19-26)28-21-36(20-23-7-4-3-5-8-23)22-29(28)32(39)37-16-6-9-31(24-10-12-25(34)13-11-24)38(18-17-37)33(40)42-2/h3-5,7-8,10-15,19,28-29,31H,6,9,16-18,20-22H2,1-2H3/t28-,29+,31?/m0/s1. The summed E-state index contributed by atoms with van der Waals surface area (Å²) < 4.78 is 25.7. The van der Waals surface area contributed by atoms with Crippen LogP contribution in [0.4, 0.5) is 9.18 Å². The first-order valence-corrected chi connectivity index (χ1v) is 14.7. The largest absolute Gasteiger partial charge is 0.497 e. The number of ether oxygens (including phenoxy) is 2. The zero-order chi connectivity index (χ0) is 29.6. The normalized spacial score (nSPS) is 21.5. The van der Waals surface area contributed by atoms with Crippen molar-refractivity contribution in [2.75, 3.05) is 46.9 Å². The summed E-state index contributed by atoms with van der Waals surface area (Å²) in [5.74, 6) is -0.666. The van der Waals surface area contributed by atoms with Gasteiger partial charge in [-0.2, -0.15) is 0 Å². The van der Waals surface area contributed by atoms with E-state index in [1.165, 1.54) is 20.3 Å². The maximum absolute atomic E-state index is 15.4. The molecule has 42 heavy (non-hydrogen) atoms. The van der Waals surface area contributed by atoms with Crippen molar-refractivity contribution in [2.45, 2.75) is 31.3 Å². The number of nitrogens with zero attached hydrogens (tertiary/aromatic N) is 3. The number of carbonyl (C=O) groups is 2. The third-order valence-corrected chi connectivity index (χ3v) is 8.69. The van der Waals surface area contributed by atoms with E-state index in [4.69, 9.17) is 21.1 Å². The third-order valence-electron chi connectivity index (χ3n) is 8.44. The van der Waals surface area contributed by atoms with Gasteiger partial charge in [0.05, 0.1) is 26.2 Å². The van der Waals surface area contributed by atoms with Gasteiger partial charge >= 0.3 is 6.09 Å². The summed E-state index contributed by atoms with van der Waals surface area (Å²) in [6.07, 6.45) is 0.938. The van der Waals surface area contributed by atoms with Crippen molar-refractivity contribution in [1.29, 1.82) is 0 Å². The Labute approximate surface area is 251 Å². The van der Waals surface area contributed by atoms with Crippen LogP contribution in [0, 0.1) is 11.7 Å². The predicted octanol–water partition coefficient (Wildman–Crippen LogP) is 6.14. The quantitative estimate of drug-likeness (QED) is 0.344. The molecule has 0 radical (unpaired) electrons. The van der Waals surface area contributed by atoms with Gasteiger partial charge in [0, 0.05) is 56.3 Å². The summed E-state index contributed by atoms with van der Waals surface area (Å²) in [5.41, 5.74) is 2.65. The van der Waals surface area contributed by atoms with E-state index in [-0.39, 0.29) is 23.7 Å². The highest BCUT2D eigenvalue weighted by Gasteiger charge is 2.42. The second-order valence-corrected chi connectivity index (χ2v) is 11.4. The van der Waals surface area contributed by atoms with Crippen LogP contribution in [-0.2, 0) is 16.1 Å². The minimum atomic E-state index is -0.433. The van der Waals surface area contributed by atoms with Crippen molar-refractivity contribution < 1.29 is 23.5 Å². The molecule has 222 valence electrons. The minimum absolute atomic E-state index is 0.0134. The lowest BCUT2D eigenvalue weighted by Gasteiger charge is -2.37. The smallest absolute Gasteiger partial charge is 0.410 e. The van der Waals surface area contributed by atoms with Crippen molar-refractivity contribution >= 4 is 23.6 Å². The van der Waals surface area contributed by atoms with Crippen LogP contribution in [0.2, 0.25) is 5.02 Å². The van der Waals surface area contributed by atoms with E-state index in [1.54, 1.807) is 17.0 Å². The highest BCUT2D eigenvalue weighted by molar-refractivity contribution is 6.30. The maximum Gasteiger partial charge on any atom is 0.410 e. The van der Waals surface area contributed by atoms with E-state index in [2.05, 4.69) is 17.0 Å².